The van der Waals surface area contributed by atoms with Gasteiger partial charge >= 0.3 is 0 Å². The molecule has 0 spiro atoms. The predicted molar refractivity (Wildman–Crippen MR) is 74.2 cm³/mol. The van der Waals surface area contributed by atoms with Crippen LogP contribution in [0.25, 0.3) is 0 Å². The summed E-state index contributed by atoms with van der Waals surface area (Å²) in [4.78, 5) is 10.4. The molecule has 0 saturated heterocycles. The number of hydrogen-bond acceptors (Lipinski definition) is 4. The molecule has 2 atom stereocenters. The van der Waals surface area contributed by atoms with Gasteiger partial charge in [-0.2, -0.15) is 0 Å². The summed E-state index contributed by atoms with van der Waals surface area (Å²) in [6, 6.07) is 5.04. The van der Waals surface area contributed by atoms with E-state index >= 15 is 0 Å². The summed E-state index contributed by atoms with van der Waals surface area (Å²) in [5.74, 6) is 0.830. The van der Waals surface area contributed by atoms with Crippen LogP contribution in [-0.4, -0.2) is 23.2 Å². The largest absolute Gasteiger partial charge is 0.396 e. The van der Waals surface area contributed by atoms with Crippen molar-refractivity contribution in [1.29, 1.82) is 0 Å². The number of rotatable bonds is 5. The van der Waals surface area contributed by atoms with Crippen LogP contribution < -0.4 is 5.32 Å². The molecule has 0 amide bonds. The van der Waals surface area contributed by atoms with E-state index < -0.39 is 0 Å². The van der Waals surface area contributed by atoms with Gasteiger partial charge in [-0.05, 0) is 43.2 Å². The minimum Gasteiger partial charge on any atom is -0.396 e. The molecule has 2 unspecified atom stereocenters. The fourth-order valence-corrected chi connectivity index (χ4v) is 2.84. The van der Waals surface area contributed by atoms with Crippen molar-refractivity contribution in [3.8, 4) is 0 Å². The van der Waals surface area contributed by atoms with Crippen molar-refractivity contribution in [2.24, 2.45) is 11.8 Å². The lowest BCUT2D eigenvalue weighted by Gasteiger charge is -2.18. The second kappa shape index (κ2) is 6.02. The van der Waals surface area contributed by atoms with Crippen LogP contribution in [0.1, 0.15) is 24.8 Å². The van der Waals surface area contributed by atoms with Gasteiger partial charge in [0, 0.05) is 31.0 Å². The van der Waals surface area contributed by atoms with Gasteiger partial charge in [-0.15, -0.1) is 0 Å². The van der Waals surface area contributed by atoms with E-state index in [1.54, 1.807) is 12.1 Å². The smallest absolute Gasteiger partial charge is 0.271 e. The van der Waals surface area contributed by atoms with Gasteiger partial charge in [0.2, 0.25) is 0 Å². The molecule has 0 aliphatic heterocycles. The van der Waals surface area contributed by atoms with E-state index in [1.165, 1.54) is 0 Å². The first-order chi connectivity index (χ1) is 9.10. The molecular weight excluding hydrogens is 244 g/mol. The minimum absolute atomic E-state index is 0.118. The quantitative estimate of drug-likeness (QED) is 0.633. The number of nitrogens with zero attached hydrogens (tertiary/aromatic N) is 1. The van der Waals surface area contributed by atoms with E-state index in [0.717, 1.165) is 37.1 Å². The summed E-state index contributed by atoms with van der Waals surface area (Å²) >= 11 is 0. The van der Waals surface area contributed by atoms with Gasteiger partial charge in [-0.25, -0.2) is 0 Å². The van der Waals surface area contributed by atoms with E-state index in [2.05, 4.69) is 5.32 Å². The average molecular weight is 264 g/mol. The number of aliphatic hydroxyl groups excluding tert-OH is 1. The van der Waals surface area contributed by atoms with Gasteiger partial charge in [0.1, 0.15) is 0 Å². The maximum atomic E-state index is 10.8. The number of nitro groups is 1. The van der Waals surface area contributed by atoms with Gasteiger partial charge in [0.15, 0.2) is 0 Å². The Labute approximate surface area is 112 Å². The molecule has 0 radical (unpaired) electrons. The van der Waals surface area contributed by atoms with Gasteiger partial charge in [-0.1, -0.05) is 6.42 Å². The van der Waals surface area contributed by atoms with Crippen molar-refractivity contribution in [2.75, 3.05) is 18.5 Å². The Balaban J connectivity index is 2.01. The lowest BCUT2D eigenvalue weighted by molar-refractivity contribution is -0.384. The molecule has 0 heterocycles. The highest BCUT2D eigenvalue weighted by Crippen LogP contribution is 2.31. The Hall–Kier alpha value is -1.62. The molecule has 1 saturated carbocycles. The number of non-ortho nitro benzene ring substituents is 1. The SMILES string of the molecule is Cc1cc(NCC2CCCC2CO)cc([N+](=O)[O-])c1. The second-order valence-electron chi connectivity index (χ2n) is 5.33. The summed E-state index contributed by atoms with van der Waals surface area (Å²) in [6.07, 6.45) is 3.36. The third-order valence-electron chi connectivity index (χ3n) is 3.89. The number of benzene rings is 1. The Morgan fingerprint density at radius 2 is 2.11 bits per heavy atom. The standard InChI is InChI=1S/C14H20N2O3/c1-10-5-13(7-14(6-10)16(18)19)15-8-11-3-2-4-12(11)9-17/h5-7,11-12,15,17H,2-4,8-9H2,1H3. The van der Waals surface area contributed by atoms with Gasteiger partial charge in [0.25, 0.3) is 5.69 Å². The zero-order chi connectivity index (χ0) is 13.8. The van der Waals surface area contributed by atoms with Crippen LogP contribution >= 0.6 is 0 Å². The second-order valence-corrected chi connectivity index (χ2v) is 5.33. The van der Waals surface area contributed by atoms with Crippen molar-refractivity contribution >= 4 is 11.4 Å². The molecule has 104 valence electrons. The predicted octanol–water partition coefficient (Wildman–Crippen LogP) is 2.72. The molecule has 0 bridgehead atoms. The Morgan fingerprint density at radius 3 is 2.79 bits per heavy atom. The maximum absolute atomic E-state index is 10.8. The normalized spacial score (nSPS) is 22.4. The highest BCUT2D eigenvalue weighted by molar-refractivity contribution is 5.53. The molecule has 5 heteroatoms. The molecule has 1 aromatic carbocycles. The fraction of sp³-hybridized carbons (Fsp3) is 0.571. The number of aliphatic hydroxyl groups is 1. The molecule has 1 fully saturated rings. The number of anilines is 1. The Morgan fingerprint density at radius 1 is 1.37 bits per heavy atom. The van der Waals surface area contributed by atoms with E-state index in [-0.39, 0.29) is 17.2 Å². The summed E-state index contributed by atoms with van der Waals surface area (Å²) in [5, 5.41) is 23.4. The van der Waals surface area contributed by atoms with Crippen LogP contribution in [0.3, 0.4) is 0 Å². The average Bonchev–Trinajstić information content (AvgIpc) is 2.83. The van der Waals surface area contributed by atoms with Crippen LogP contribution in [0.15, 0.2) is 18.2 Å². The highest BCUT2D eigenvalue weighted by Gasteiger charge is 2.26. The molecule has 5 nitrogen and oxygen atoms in total. The lowest BCUT2D eigenvalue weighted by Crippen LogP contribution is -2.20. The molecule has 1 aromatic rings. The van der Waals surface area contributed by atoms with Crippen LogP contribution in [0.4, 0.5) is 11.4 Å². The number of hydrogen-bond donors (Lipinski definition) is 2. The van der Waals surface area contributed by atoms with Crippen LogP contribution in [0, 0.1) is 28.9 Å². The van der Waals surface area contributed by atoms with E-state index in [4.69, 9.17) is 0 Å². The monoisotopic (exact) mass is 264 g/mol. The molecule has 19 heavy (non-hydrogen) atoms. The van der Waals surface area contributed by atoms with Crippen LogP contribution in [-0.2, 0) is 0 Å². The third-order valence-corrected chi connectivity index (χ3v) is 3.89. The number of aryl methyl sites for hydroxylation is 1. The van der Waals surface area contributed by atoms with Gasteiger partial charge in [0.05, 0.1) is 4.92 Å². The topological polar surface area (TPSA) is 75.4 Å². The number of nitro benzene ring substituents is 1. The molecule has 2 rings (SSSR count). The molecule has 2 N–H and O–H groups in total. The minimum atomic E-state index is -0.371. The van der Waals surface area contributed by atoms with Crippen molar-refractivity contribution < 1.29 is 10.0 Å². The van der Waals surface area contributed by atoms with Crippen molar-refractivity contribution in [1.82, 2.24) is 0 Å². The highest BCUT2D eigenvalue weighted by atomic mass is 16.6. The van der Waals surface area contributed by atoms with Crippen LogP contribution in [0.2, 0.25) is 0 Å². The first-order valence-corrected chi connectivity index (χ1v) is 6.71. The third kappa shape index (κ3) is 3.44. The zero-order valence-corrected chi connectivity index (χ0v) is 11.1. The van der Waals surface area contributed by atoms with E-state index in [9.17, 15) is 15.2 Å². The number of nitrogens with one attached hydrogen (secondary N) is 1. The van der Waals surface area contributed by atoms with Gasteiger partial charge < -0.3 is 10.4 Å². The van der Waals surface area contributed by atoms with Crippen molar-refractivity contribution in [3.05, 3.63) is 33.9 Å². The first kappa shape index (κ1) is 13.8. The zero-order valence-electron chi connectivity index (χ0n) is 11.1. The van der Waals surface area contributed by atoms with Crippen LogP contribution in [0.5, 0.6) is 0 Å². The van der Waals surface area contributed by atoms with E-state index in [1.807, 2.05) is 13.0 Å². The fourth-order valence-electron chi connectivity index (χ4n) is 2.84. The summed E-state index contributed by atoms with van der Waals surface area (Å²) < 4.78 is 0. The Bertz CT molecular complexity index is 462. The van der Waals surface area contributed by atoms with Gasteiger partial charge in [-0.3, -0.25) is 10.1 Å². The molecular formula is C14H20N2O3. The molecule has 1 aliphatic carbocycles. The summed E-state index contributed by atoms with van der Waals surface area (Å²) in [5.41, 5.74) is 1.78. The van der Waals surface area contributed by atoms with Crippen molar-refractivity contribution in [2.45, 2.75) is 26.2 Å². The van der Waals surface area contributed by atoms with E-state index in [0.29, 0.717) is 11.8 Å². The summed E-state index contributed by atoms with van der Waals surface area (Å²) in [6.45, 7) is 2.86. The van der Waals surface area contributed by atoms with Crippen molar-refractivity contribution in [3.63, 3.8) is 0 Å². The lowest BCUT2D eigenvalue weighted by atomic mass is 9.97. The summed E-state index contributed by atoms with van der Waals surface area (Å²) in [7, 11) is 0. The maximum Gasteiger partial charge on any atom is 0.271 e. The molecule has 1 aliphatic rings. The first-order valence-electron chi connectivity index (χ1n) is 6.71. The Kier molecular flexibility index (Phi) is 4.37. The molecule has 0 aromatic heterocycles.